The number of likely N-dealkylation sites (tertiary alicyclic amines) is 1. The molecule has 0 aromatic carbocycles. The second-order valence-corrected chi connectivity index (χ2v) is 2.44. The molecule has 0 aromatic rings. The summed E-state index contributed by atoms with van der Waals surface area (Å²) in [5.41, 5.74) is 2.26. The van der Waals surface area contributed by atoms with Gasteiger partial charge in [0, 0.05) is 13.1 Å². The number of guanidine groups is 1. The molecule has 0 atom stereocenters. The first kappa shape index (κ1) is 8.00. The van der Waals surface area contributed by atoms with Crippen LogP contribution in [0.4, 0.5) is 0 Å². The Labute approximate surface area is 65.8 Å². The molecule has 0 aliphatic carbocycles. The van der Waals surface area contributed by atoms with Crippen molar-refractivity contribution in [3.63, 3.8) is 0 Å². The molecule has 1 fully saturated rings. The van der Waals surface area contributed by atoms with E-state index in [-0.39, 0.29) is 0 Å². The maximum absolute atomic E-state index is 7.42. The normalized spacial score (nSPS) is 17.7. The van der Waals surface area contributed by atoms with Crippen molar-refractivity contribution in [3.8, 4) is 0 Å². The van der Waals surface area contributed by atoms with E-state index < -0.39 is 0 Å². The third-order valence-corrected chi connectivity index (χ3v) is 1.67. The van der Waals surface area contributed by atoms with Crippen LogP contribution in [0.2, 0.25) is 0 Å². The Morgan fingerprint density at radius 1 is 1.55 bits per heavy atom. The van der Waals surface area contributed by atoms with E-state index >= 15 is 0 Å². The number of aliphatic imine (C=N–C) groups is 1. The summed E-state index contributed by atoms with van der Waals surface area (Å²) in [6.07, 6.45) is 3.64. The van der Waals surface area contributed by atoms with E-state index in [1.54, 1.807) is 0 Å². The molecule has 1 rings (SSSR count). The lowest BCUT2D eigenvalue weighted by molar-refractivity contribution is 0.510. The fourth-order valence-electron chi connectivity index (χ4n) is 1.11. The molecule has 0 radical (unpaired) electrons. The standard InChI is InChI=1S/C6H13N5/c7-6(9-5-10-8)11-3-1-2-4-11/h5H,1-4,8H2,(H2,7,9,10). The molecule has 0 saturated carbocycles. The molecule has 5 heteroatoms. The summed E-state index contributed by atoms with van der Waals surface area (Å²) in [5, 5.41) is 7.42. The molecule has 0 aromatic heterocycles. The Hall–Kier alpha value is -1.10. The van der Waals surface area contributed by atoms with Gasteiger partial charge in [-0.3, -0.25) is 5.41 Å². The van der Waals surface area contributed by atoms with Crippen LogP contribution in [-0.2, 0) is 0 Å². The number of hydrazine groups is 1. The molecule has 5 nitrogen and oxygen atoms in total. The maximum atomic E-state index is 7.42. The van der Waals surface area contributed by atoms with Crippen LogP contribution < -0.4 is 11.3 Å². The number of rotatable bonds is 1. The summed E-state index contributed by atoms with van der Waals surface area (Å²) >= 11 is 0. The van der Waals surface area contributed by atoms with E-state index in [1.165, 1.54) is 6.34 Å². The van der Waals surface area contributed by atoms with E-state index in [0.29, 0.717) is 5.96 Å². The van der Waals surface area contributed by atoms with E-state index in [0.717, 1.165) is 25.9 Å². The lowest BCUT2D eigenvalue weighted by Crippen LogP contribution is -2.27. The molecule has 0 amide bonds. The zero-order valence-corrected chi connectivity index (χ0v) is 6.38. The predicted octanol–water partition coefficient (Wildman–Crippen LogP) is -0.491. The van der Waals surface area contributed by atoms with Gasteiger partial charge in [0.15, 0.2) is 0 Å². The van der Waals surface area contributed by atoms with Crippen LogP contribution in [0, 0.1) is 5.41 Å². The SMILES string of the molecule is N=C(N=CNN)N1CCCC1. The highest BCUT2D eigenvalue weighted by Gasteiger charge is 2.13. The minimum atomic E-state index is 0.292. The van der Waals surface area contributed by atoms with Crippen LogP contribution in [-0.4, -0.2) is 30.3 Å². The lowest BCUT2D eigenvalue weighted by atomic mass is 10.4. The van der Waals surface area contributed by atoms with Crippen LogP contribution in [0.15, 0.2) is 4.99 Å². The first-order valence-corrected chi connectivity index (χ1v) is 3.67. The minimum absolute atomic E-state index is 0.292. The van der Waals surface area contributed by atoms with E-state index in [4.69, 9.17) is 11.3 Å². The van der Waals surface area contributed by atoms with Gasteiger partial charge in [-0.05, 0) is 12.8 Å². The van der Waals surface area contributed by atoms with Crippen LogP contribution in [0.1, 0.15) is 12.8 Å². The Morgan fingerprint density at radius 3 is 2.73 bits per heavy atom. The van der Waals surface area contributed by atoms with Gasteiger partial charge in [-0.1, -0.05) is 0 Å². The van der Waals surface area contributed by atoms with Crippen molar-refractivity contribution in [3.05, 3.63) is 0 Å². The van der Waals surface area contributed by atoms with E-state index in [9.17, 15) is 0 Å². The molecular formula is C6H13N5. The van der Waals surface area contributed by atoms with Crippen LogP contribution in [0.3, 0.4) is 0 Å². The second kappa shape index (κ2) is 3.92. The summed E-state index contributed by atoms with van der Waals surface area (Å²) in [6, 6.07) is 0. The summed E-state index contributed by atoms with van der Waals surface area (Å²) in [5.74, 6) is 5.25. The van der Waals surface area contributed by atoms with Gasteiger partial charge in [0.1, 0.15) is 6.34 Å². The van der Waals surface area contributed by atoms with Crippen molar-refractivity contribution in [1.29, 1.82) is 5.41 Å². The van der Waals surface area contributed by atoms with Gasteiger partial charge in [-0.25, -0.2) is 10.8 Å². The summed E-state index contributed by atoms with van der Waals surface area (Å²) in [7, 11) is 0. The third-order valence-electron chi connectivity index (χ3n) is 1.67. The Morgan fingerprint density at radius 2 is 2.18 bits per heavy atom. The summed E-state index contributed by atoms with van der Waals surface area (Å²) < 4.78 is 0. The second-order valence-electron chi connectivity index (χ2n) is 2.44. The maximum Gasteiger partial charge on any atom is 0.219 e. The van der Waals surface area contributed by atoms with Gasteiger partial charge in [0.05, 0.1) is 0 Å². The van der Waals surface area contributed by atoms with Crippen LogP contribution in [0.25, 0.3) is 0 Å². The highest BCUT2D eigenvalue weighted by molar-refractivity contribution is 5.84. The van der Waals surface area contributed by atoms with Crippen molar-refractivity contribution in [2.45, 2.75) is 12.8 Å². The van der Waals surface area contributed by atoms with Gasteiger partial charge in [0.2, 0.25) is 5.96 Å². The quantitative estimate of drug-likeness (QED) is 0.207. The summed E-state index contributed by atoms with van der Waals surface area (Å²) in [4.78, 5) is 5.70. The number of nitrogens with zero attached hydrogens (tertiary/aromatic N) is 2. The smallest absolute Gasteiger partial charge is 0.219 e. The molecule has 1 saturated heterocycles. The molecule has 0 unspecified atom stereocenters. The zero-order chi connectivity index (χ0) is 8.10. The average molecular weight is 155 g/mol. The fraction of sp³-hybridized carbons (Fsp3) is 0.667. The predicted molar refractivity (Wildman–Crippen MR) is 44.3 cm³/mol. The molecular weight excluding hydrogens is 142 g/mol. The highest BCUT2D eigenvalue weighted by Crippen LogP contribution is 2.07. The molecule has 4 N–H and O–H groups in total. The highest BCUT2D eigenvalue weighted by atomic mass is 15.3. The van der Waals surface area contributed by atoms with Crippen LogP contribution >= 0.6 is 0 Å². The lowest BCUT2D eigenvalue weighted by Gasteiger charge is -2.13. The van der Waals surface area contributed by atoms with Gasteiger partial charge in [0.25, 0.3) is 0 Å². The number of nitrogens with two attached hydrogens (primary N) is 1. The molecule has 1 aliphatic rings. The molecule has 0 spiro atoms. The Kier molecular flexibility index (Phi) is 2.85. The Balaban J connectivity index is 2.34. The van der Waals surface area contributed by atoms with Gasteiger partial charge < -0.3 is 10.3 Å². The Bertz CT molecular complexity index is 158. The van der Waals surface area contributed by atoms with E-state index in [2.05, 4.69) is 10.4 Å². The monoisotopic (exact) mass is 155 g/mol. The fourth-order valence-corrected chi connectivity index (χ4v) is 1.11. The number of hydrogen-bond donors (Lipinski definition) is 3. The molecule has 62 valence electrons. The van der Waals surface area contributed by atoms with Gasteiger partial charge in [-0.15, -0.1) is 0 Å². The first-order chi connectivity index (χ1) is 5.34. The largest absolute Gasteiger partial charge is 0.341 e. The molecule has 0 bridgehead atoms. The van der Waals surface area contributed by atoms with Gasteiger partial charge in [-0.2, -0.15) is 0 Å². The molecule has 11 heavy (non-hydrogen) atoms. The van der Waals surface area contributed by atoms with E-state index in [1.807, 2.05) is 4.90 Å². The first-order valence-electron chi connectivity index (χ1n) is 3.67. The molecule has 1 aliphatic heterocycles. The van der Waals surface area contributed by atoms with Crippen LogP contribution in [0.5, 0.6) is 0 Å². The minimum Gasteiger partial charge on any atom is -0.341 e. The summed E-state index contributed by atoms with van der Waals surface area (Å²) in [6.45, 7) is 1.89. The topological polar surface area (TPSA) is 77.5 Å². The third kappa shape index (κ3) is 2.19. The number of nitrogens with one attached hydrogen (secondary N) is 2. The van der Waals surface area contributed by atoms with Crippen molar-refractivity contribution in [2.75, 3.05) is 13.1 Å². The van der Waals surface area contributed by atoms with Crippen molar-refractivity contribution in [1.82, 2.24) is 10.3 Å². The molecule has 1 heterocycles. The number of hydrogen-bond acceptors (Lipinski definition) is 2. The van der Waals surface area contributed by atoms with Crippen molar-refractivity contribution in [2.24, 2.45) is 10.8 Å². The van der Waals surface area contributed by atoms with Gasteiger partial charge >= 0.3 is 0 Å². The average Bonchev–Trinajstić information content (AvgIpc) is 2.52. The van der Waals surface area contributed by atoms with Crippen molar-refractivity contribution < 1.29 is 0 Å². The van der Waals surface area contributed by atoms with Crippen molar-refractivity contribution >= 4 is 12.3 Å². The zero-order valence-electron chi connectivity index (χ0n) is 6.38.